The number of benzene rings is 1. The average molecular weight is 323 g/mol. The fourth-order valence-corrected chi connectivity index (χ4v) is 2.82. The maximum absolute atomic E-state index is 12.1. The molecule has 1 heterocycles. The maximum Gasteiger partial charge on any atom is 0.185 e. The van der Waals surface area contributed by atoms with E-state index >= 15 is 0 Å². The molecule has 0 atom stereocenters. The van der Waals surface area contributed by atoms with Crippen molar-refractivity contribution in [2.75, 3.05) is 7.11 Å². The Morgan fingerprint density at radius 3 is 2.62 bits per heavy atom. The molecule has 0 radical (unpaired) electrons. The zero-order valence-electron chi connectivity index (χ0n) is 13.8. The molecule has 0 amide bonds. The van der Waals surface area contributed by atoms with E-state index in [2.05, 4.69) is 4.98 Å². The van der Waals surface area contributed by atoms with Gasteiger partial charge in [0, 0.05) is 11.6 Å². The van der Waals surface area contributed by atoms with Gasteiger partial charge >= 0.3 is 0 Å². The molecule has 1 aliphatic carbocycles. The third-order valence-corrected chi connectivity index (χ3v) is 4.13. The first kappa shape index (κ1) is 16.2. The van der Waals surface area contributed by atoms with Crippen LogP contribution in [0.25, 0.3) is 6.08 Å². The van der Waals surface area contributed by atoms with Gasteiger partial charge in [-0.15, -0.1) is 0 Å². The van der Waals surface area contributed by atoms with Crippen molar-refractivity contribution in [2.45, 2.75) is 31.8 Å². The summed E-state index contributed by atoms with van der Waals surface area (Å²) in [6.07, 6.45) is 9.67. The first-order valence-electron chi connectivity index (χ1n) is 8.24. The first-order chi connectivity index (χ1) is 11.8. The van der Waals surface area contributed by atoms with E-state index in [1.54, 1.807) is 31.5 Å². The van der Waals surface area contributed by atoms with Gasteiger partial charge in [-0.25, -0.2) is 0 Å². The topological polar surface area (TPSA) is 48.4 Å². The number of hydrogen-bond donors (Lipinski definition) is 0. The quantitative estimate of drug-likeness (QED) is 0.587. The van der Waals surface area contributed by atoms with Gasteiger partial charge in [-0.2, -0.15) is 0 Å². The standard InChI is InChI=1S/C20H21NO3/c1-23-20-14-21-16(13-19(20)24-17-9-5-6-10-17)11-12-18(22)15-7-3-2-4-8-15/h2-4,7-8,11-14,17H,5-6,9-10H2,1H3. The lowest BCUT2D eigenvalue weighted by Gasteiger charge is -2.15. The van der Waals surface area contributed by atoms with E-state index in [0.717, 1.165) is 12.8 Å². The van der Waals surface area contributed by atoms with Gasteiger partial charge in [0.15, 0.2) is 17.3 Å². The Balaban J connectivity index is 1.75. The lowest BCUT2D eigenvalue weighted by Crippen LogP contribution is -2.11. The zero-order chi connectivity index (χ0) is 16.8. The number of pyridine rings is 1. The summed E-state index contributed by atoms with van der Waals surface area (Å²) >= 11 is 0. The molecule has 2 aromatic rings. The molecule has 4 heteroatoms. The summed E-state index contributed by atoms with van der Waals surface area (Å²) in [5, 5.41) is 0. The minimum absolute atomic E-state index is 0.0496. The fraction of sp³-hybridized carbons (Fsp3) is 0.300. The van der Waals surface area contributed by atoms with Crippen molar-refractivity contribution in [1.82, 2.24) is 4.98 Å². The molecule has 0 spiro atoms. The number of allylic oxidation sites excluding steroid dienone is 1. The van der Waals surface area contributed by atoms with Gasteiger partial charge in [-0.1, -0.05) is 30.3 Å². The number of nitrogens with zero attached hydrogens (tertiary/aromatic N) is 1. The summed E-state index contributed by atoms with van der Waals surface area (Å²) in [5.41, 5.74) is 1.33. The monoisotopic (exact) mass is 323 g/mol. The van der Waals surface area contributed by atoms with Crippen molar-refractivity contribution >= 4 is 11.9 Å². The number of methoxy groups -OCH3 is 1. The molecule has 0 N–H and O–H groups in total. The summed E-state index contributed by atoms with van der Waals surface area (Å²) < 4.78 is 11.4. The Hall–Kier alpha value is -2.62. The summed E-state index contributed by atoms with van der Waals surface area (Å²) in [4.78, 5) is 16.4. The van der Waals surface area contributed by atoms with Crippen LogP contribution in [0.15, 0.2) is 48.7 Å². The smallest absolute Gasteiger partial charge is 0.185 e. The fourth-order valence-electron chi connectivity index (χ4n) is 2.82. The molecule has 3 rings (SSSR count). The molecule has 124 valence electrons. The number of aromatic nitrogens is 1. The normalized spacial score (nSPS) is 14.9. The molecule has 1 fully saturated rings. The Morgan fingerprint density at radius 1 is 1.17 bits per heavy atom. The summed E-state index contributed by atoms with van der Waals surface area (Å²) in [6.45, 7) is 0. The molecule has 24 heavy (non-hydrogen) atoms. The second-order valence-corrected chi connectivity index (χ2v) is 5.85. The summed E-state index contributed by atoms with van der Waals surface area (Å²) in [7, 11) is 1.60. The van der Waals surface area contributed by atoms with Crippen molar-refractivity contribution in [3.63, 3.8) is 0 Å². The molecule has 1 aromatic carbocycles. The second kappa shape index (κ2) is 7.77. The summed E-state index contributed by atoms with van der Waals surface area (Å²) in [6, 6.07) is 11.0. The maximum atomic E-state index is 12.1. The number of carbonyl (C=O) groups excluding carboxylic acids is 1. The van der Waals surface area contributed by atoms with E-state index in [0.29, 0.717) is 22.8 Å². The molecule has 0 aliphatic heterocycles. The van der Waals surface area contributed by atoms with Gasteiger partial charge in [0.05, 0.1) is 25.1 Å². The van der Waals surface area contributed by atoms with Crippen LogP contribution < -0.4 is 9.47 Å². The van der Waals surface area contributed by atoms with Crippen molar-refractivity contribution in [3.8, 4) is 11.5 Å². The number of hydrogen-bond acceptors (Lipinski definition) is 4. The van der Waals surface area contributed by atoms with Gasteiger partial charge in [0.25, 0.3) is 0 Å². The van der Waals surface area contributed by atoms with Crippen LogP contribution in [0.1, 0.15) is 41.7 Å². The number of ketones is 1. The number of ether oxygens (including phenoxy) is 2. The van der Waals surface area contributed by atoms with Crippen LogP contribution in [0, 0.1) is 0 Å². The van der Waals surface area contributed by atoms with Gasteiger partial charge in [0.1, 0.15) is 0 Å². The third-order valence-electron chi connectivity index (χ3n) is 4.13. The molecule has 0 bridgehead atoms. The largest absolute Gasteiger partial charge is 0.491 e. The van der Waals surface area contributed by atoms with E-state index < -0.39 is 0 Å². The Labute approximate surface area is 142 Å². The van der Waals surface area contributed by atoms with Crippen LogP contribution in [0.4, 0.5) is 0 Å². The highest BCUT2D eigenvalue weighted by Crippen LogP contribution is 2.31. The molecular weight excluding hydrogens is 302 g/mol. The Morgan fingerprint density at radius 2 is 1.92 bits per heavy atom. The lowest BCUT2D eigenvalue weighted by molar-refractivity contribution is 0.104. The van der Waals surface area contributed by atoms with E-state index in [1.165, 1.54) is 18.9 Å². The van der Waals surface area contributed by atoms with Crippen LogP contribution in [0.2, 0.25) is 0 Å². The molecule has 4 nitrogen and oxygen atoms in total. The highest BCUT2D eigenvalue weighted by molar-refractivity contribution is 6.06. The number of carbonyl (C=O) groups is 1. The van der Waals surface area contributed by atoms with Crippen molar-refractivity contribution in [2.24, 2.45) is 0 Å². The lowest BCUT2D eigenvalue weighted by atomic mass is 10.1. The van der Waals surface area contributed by atoms with Crippen LogP contribution in [-0.2, 0) is 0 Å². The third kappa shape index (κ3) is 4.02. The van der Waals surface area contributed by atoms with E-state index in [4.69, 9.17) is 9.47 Å². The highest BCUT2D eigenvalue weighted by atomic mass is 16.5. The van der Waals surface area contributed by atoms with Gasteiger partial charge in [0.2, 0.25) is 0 Å². The molecular formula is C20H21NO3. The highest BCUT2D eigenvalue weighted by Gasteiger charge is 2.18. The second-order valence-electron chi connectivity index (χ2n) is 5.85. The average Bonchev–Trinajstić information content (AvgIpc) is 3.13. The summed E-state index contributed by atoms with van der Waals surface area (Å²) in [5.74, 6) is 1.26. The van der Waals surface area contributed by atoms with Crippen molar-refractivity contribution in [1.29, 1.82) is 0 Å². The van der Waals surface area contributed by atoms with Crippen molar-refractivity contribution in [3.05, 3.63) is 59.9 Å². The predicted octanol–water partition coefficient (Wildman–Crippen LogP) is 4.31. The first-order valence-corrected chi connectivity index (χ1v) is 8.24. The van der Waals surface area contributed by atoms with Crippen LogP contribution in [0.3, 0.4) is 0 Å². The van der Waals surface area contributed by atoms with Gasteiger partial charge < -0.3 is 9.47 Å². The predicted molar refractivity (Wildman–Crippen MR) is 93.5 cm³/mol. The van der Waals surface area contributed by atoms with Gasteiger partial charge in [-0.3, -0.25) is 9.78 Å². The molecule has 0 saturated heterocycles. The van der Waals surface area contributed by atoms with E-state index in [9.17, 15) is 4.79 Å². The van der Waals surface area contributed by atoms with Crippen LogP contribution >= 0.6 is 0 Å². The molecule has 1 aromatic heterocycles. The Bertz CT molecular complexity index is 719. The molecule has 1 aliphatic rings. The van der Waals surface area contributed by atoms with Crippen LogP contribution in [0.5, 0.6) is 11.5 Å². The van der Waals surface area contributed by atoms with Crippen molar-refractivity contribution < 1.29 is 14.3 Å². The zero-order valence-corrected chi connectivity index (χ0v) is 13.8. The molecule has 0 unspecified atom stereocenters. The van der Waals surface area contributed by atoms with E-state index in [1.807, 2.05) is 24.3 Å². The number of rotatable bonds is 6. The molecule has 1 saturated carbocycles. The SMILES string of the molecule is COc1cnc(C=CC(=O)c2ccccc2)cc1OC1CCCC1. The van der Waals surface area contributed by atoms with Gasteiger partial charge in [-0.05, 0) is 37.8 Å². The van der Waals surface area contributed by atoms with E-state index in [-0.39, 0.29) is 11.9 Å². The Kier molecular flexibility index (Phi) is 5.26. The minimum Gasteiger partial charge on any atom is -0.491 e. The minimum atomic E-state index is -0.0496. The van der Waals surface area contributed by atoms with Crippen LogP contribution in [-0.4, -0.2) is 24.0 Å².